The average Bonchev–Trinajstić information content (AvgIpc) is 2.51. The Bertz CT molecular complexity index is 628. The van der Waals surface area contributed by atoms with E-state index < -0.39 is 0 Å². The van der Waals surface area contributed by atoms with E-state index in [1.807, 2.05) is 36.4 Å². The van der Waals surface area contributed by atoms with E-state index in [0.717, 1.165) is 11.1 Å². The van der Waals surface area contributed by atoms with Crippen LogP contribution in [0.15, 0.2) is 59.7 Å². The Hall–Kier alpha value is -2.40. The van der Waals surface area contributed by atoms with E-state index in [4.69, 9.17) is 12.2 Å². The first-order chi connectivity index (χ1) is 10.1. The zero-order valence-electron chi connectivity index (χ0n) is 11.7. The molecule has 4 nitrogen and oxygen atoms in total. The van der Waals surface area contributed by atoms with Gasteiger partial charge in [-0.05, 0) is 35.5 Å². The Morgan fingerprint density at radius 3 is 2.71 bits per heavy atom. The van der Waals surface area contributed by atoms with E-state index in [2.05, 4.69) is 10.4 Å². The summed E-state index contributed by atoms with van der Waals surface area (Å²) in [5, 5.41) is 18.9. The quantitative estimate of drug-likeness (QED) is 0.518. The maximum atomic E-state index is 9.38. The molecule has 0 radical (unpaired) electrons. The van der Waals surface area contributed by atoms with E-state index in [-0.39, 0.29) is 5.75 Å². The normalized spacial score (nSPS) is 10.5. The van der Waals surface area contributed by atoms with Crippen molar-refractivity contribution in [1.29, 1.82) is 0 Å². The van der Waals surface area contributed by atoms with Gasteiger partial charge < -0.3 is 10.4 Å². The standard InChI is InChI=1S/C16H17N3OS/c1-19(18-12-14-8-5-9-15(20)10-14)16(21)17-11-13-6-3-2-4-7-13/h2-10,12,20H,11H2,1H3,(H,17,21)/b18-12-. The summed E-state index contributed by atoms with van der Waals surface area (Å²) >= 11 is 5.27. The predicted octanol–water partition coefficient (Wildman–Crippen LogP) is 2.73. The number of hydrogen-bond donors (Lipinski definition) is 2. The Labute approximate surface area is 129 Å². The van der Waals surface area contributed by atoms with Crippen LogP contribution in [0.3, 0.4) is 0 Å². The number of phenolic OH excluding ortho intramolecular Hbond substituents is 1. The summed E-state index contributed by atoms with van der Waals surface area (Å²) in [7, 11) is 1.78. The van der Waals surface area contributed by atoms with Crippen LogP contribution in [0.4, 0.5) is 0 Å². The monoisotopic (exact) mass is 299 g/mol. The van der Waals surface area contributed by atoms with E-state index in [1.165, 1.54) is 0 Å². The molecule has 0 saturated heterocycles. The van der Waals surface area contributed by atoms with Crippen molar-refractivity contribution >= 4 is 23.5 Å². The van der Waals surface area contributed by atoms with Gasteiger partial charge in [0.1, 0.15) is 5.75 Å². The zero-order chi connectivity index (χ0) is 15.1. The third-order valence-corrected chi connectivity index (χ3v) is 3.24. The Balaban J connectivity index is 1.87. The molecule has 21 heavy (non-hydrogen) atoms. The zero-order valence-corrected chi connectivity index (χ0v) is 12.5. The molecule has 0 spiro atoms. The molecule has 0 aliphatic rings. The van der Waals surface area contributed by atoms with E-state index >= 15 is 0 Å². The van der Waals surface area contributed by atoms with Crippen LogP contribution in [-0.2, 0) is 6.54 Å². The smallest absolute Gasteiger partial charge is 0.189 e. The lowest BCUT2D eigenvalue weighted by Crippen LogP contribution is -2.33. The molecule has 2 rings (SSSR count). The molecule has 0 fully saturated rings. The summed E-state index contributed by atoms with van der Waals surface area (Å²) in [4.78, 5) is 0. The van der Waals surface area contributed by atoms with E-state index in [1.54, 1.807) is 36.5 Å². The third-order valence-electron chi connectivity index (χ3n) is 2.83. The number of benzene rings is 2. The fraction of sp³-hybridized carbons (Fsp3) is 0.125. The summed E-state index contributed by atoms with van der Waals surface area (Å²) in [6, 6.07) is 16.9. The molecule has 0 bridgehead atoms. The lowest BCUT2D eigenvalue weighted by atomic mass is 10.2. The summed E-state index contributed by atoms with van der Waals surface area (Å²) in [5.41, 5.74) is 1.97. The minimum atomic E-state index is 0.214. The second-order valence-electron chi connectivity index (χ2n) is 4.51. The van der Waals surface area contributed by atoms with Gasteiger partial charge in [0.2, 0.25) is 0 Å². The first kappa shape index (κ1) is 15.0. The van der Waals surface area contributed by atoms with Crippen LogP contribution in [0, 0.1) is 0 Å². The molecule has 0 amide bonds. The fourth-order valence-electron chi connectivity index (χ4n) is 1.70. The molecule has 5 heteroatoms. The number of thiocarbonyl (C=S) groups is 1. The SMILES string of the molecule is CN(/N=C\c1cccc(O)c1)C(=S)NCc1ccccc1. The number of nitrogens with one attached hydrogen (secondary N) is 1. The Kier molecular flexibility index (Phi) is 5.29. The number of rotatable bonds is 4. The molecule has 2 aromatic carbocycles. The number of hydrazone groups is 1. The molecule has 2 aromatic rings. The molecule has 108 valence electrons. The van der Waals surface area contributed by atoms with Gasteiger partial charge >= 0.3 is 0 Å². The number of phenols is 1. The number of aromatic hydroxyl groups is 1. The summed E-state index contributed by atoms with van der Waals surface area (Å²) in [5.74, 6) is 0.214. The third kappa shape index (κ3) is 4.89. The molecular formula is C16H17N3OS. The van der Waals surface area contributed by atoms with Gasteiger partial charge in [-0.3, -0.25) is 0 Å². The molecule has 0 atom stereocenters. The van der Waals surface area contributed by atoms with Crippen LogP contribution in [0.2, 0.25) is 0 Å². The van der Waals surface area contributed by atoms with Gasteiger partial charge in [-0.2, -0.15) is 5.10 Å². The largest absolute Gasteiger partial charge is 0.508 e. The topological polar surface area (TPSA) is 47.9 Å². The lowest BCUT2D eigenvalue weighted by Gasteiger charge is -2.15. The highest BCUT2D eigenvalue weighted by molar-refractivity contribution is 7.80. The fourth-order valence-corrected chi connectivity index (χ4v) is 1.82. The summed E-state index contributed by atoms with van der Waals surface area (Å²) in [6.07, 6.45) is 1.65. The summed E-state index contributed by atoms with van der Waals surface area (Å²) in [6.45, 7) is 0.658. The minimum Gasteiger partial charge on any atom is -0.508 e. The van der Waals surface area contributed by atoms with Gasteiger partial charge in [-0.15, -0.1) is 0 Å². The van der Waals surface area contributed by atoms with Crippen LogP contribution in [0.25, 0.3) is 0 Å². The van der Waals surface area contributed by atoms with Crippen LogP contribution in [0.1, 0.15) is 11.1 Å². The van der Waals surface area contributed by atoms with Crippen molar-refractivity contribution in [3.63, 3.8) is 0 Å². The molecule has 0 heterocycles. The lowest BCUT2D eigenvalue weighted by molar-refractivity contribution is 0.475. The van der Waals surface area contributed by atoms with Gasteiger partial charge in [-0.1, -0.05) is 42.5 Å². The molecular weight excluding hydrogens is 282 g/mol. The first-order valence-electron chi connectivity index (χ1n) is 6.53. The highest BCUT2D eigenvalue weighted by atomic mass is 32.1. The maximum Gasteiger partial charge on any atom is 0.189 e. The molecule has 2 N–H and O–H groups in total. The van der Waals surface area contributed by atoms with Gasteiger partial charge in [0.05, 0.1) is 6.21 Å². The second kappa shape index (κ2) is 7.40. The predicted molar refractivity (Wildman–Crippen MR) is 89.3 cm³/mol. The summed E-state index contributed by atoms with van der Waals surface area (Å²) < 4.78 is 0. The van der Waals surface area contributed by atoms with E-state index in [0.29, 0.717) is 11.7 Å². The molecule has 0 aliphatic carbocycles. The van der Waals surface area contributed by atoms with Crippen molar-refractivity contribution in [3.05, 3.63) is 65.7 Å². The van der Waals surface area contributed by atoms with Crippen molar-refractivity contribution in [2.45, 2.75) is 6.54 Å². The van der Waals surface area contributed by atoms with Crippen molar-refractivity contribution in [3.8, 4) is 5.75 Å². The Morgan fingerprint density at radius 1 is 1.24 bits per heavy atom. The molecule has 0 aliphatic heterocycles. The first-order valence-corrected chi connectivity index (χ1v) is 6.94. The molecule has 0 unspecified atom stereocenters. The molecule has 0 aromatic heterocycles. The van der Waals surface area contributed by atoms with Crippen LogP contribution < -0.4 is 5.32 Å². The van der Waals surface area contributed by atoms with Gasteiger partial charge in [0.15, 0.2) is 5.11 Å². The number of nitrogens with zero attached hydrogens (tertiary/aromatic N) is 2. The van der Waals surface area contributed by atoms with Crippen molar-refractivity contribution in [1.82, 2.24) is 10.3 Å². The highest BCUT2D eigenvalue weighted by Gasteiger charge is 2.01. The van der Waals surface area contributed by atoms with Crippen LogP contribution in [-0.4, -0.2) is 28.5 Å². The molecule has 0 saturated carbocycles. The van der Waals surface area contributed by atoms with Gasteiger partial charge in [-0.25, -0.2) is 5.01 Å². The van der Waals surface area contributed by atoms with Crippen LogP contribution in [0.5, 0.6) is 5.75 Å². The van der Waals surface area contributed by atoms with Crippen molar-refractivity contribution in [2.75, 3.05) is 7.05 Å². The van der Waals surface area contributed by atoms with E-state index in [9.17, 15) is 5.11 Å². The van der Waals surface area contributed by atoms with Crippen LogP contribution >= 0.6 is 12.2 Å². The van der Waals surface area contributed by atoms with Crippen molar-refractivity contribution in [2.24, 2.45) is 5.10 Å². The van der Waals surface area contributed by atoms with Gasteiger partial charge in [0, 0.05) is 13.6 Å². The Morgan fingerprint density at radius 2 is 2.00 bits per heavy atom. The number of hydrogen-bond acceptors (Lipinski definition) is 3. The second-order valence-corrected chi connectivity index (χ2v) is 4.89. The average molecular weight is 299 g/mol. The highest BCUT2D eigenvalue weighted by Crippen LogP contribution is 2.09. The van der Waals surface area contributed by atoms with Gasteiger partial charge in [0.25, 0.3) is 0 Å². The van der Waals surface area contributed by atoms with Crippen molar-refractivity contribution < 1.29 is 5.11 Å². The minimum absolute atomic E-state index is 0.214. The maximum absolute atomic E-state index is 9.38.